The number of aromatic nitrogens is 1. The Morgan fingerprint density at radius 3 is 2.37 bits per heavy atom. The van der Waals surface area contributed by atoms with Gasteiger partial charge in [0.25, 0.3) is 5.91 Å². The first-order chi connectivity index (χ1) is 19.8. The van der Waals surface area contributed by atoms with E-state index in [0.717, 1.165) is 30.4 Å². The van der Waals surface area contributed by atoms with Gasteiger partial charge in [0.05, 0.1) is 18.4 Å². The molecule has 1 aromatic carbocycles. The van der Waals surface area contributed by atoms with Crippen molar-refractivity contribution in [2.75, 3.05) is 32.8 Å². The largest absolute Gasteiger partial charge is 0.481 e. The summed E-state index contributed by atoms with van der Waals surface area (Å²) in [5.41, 5.74) is 2.29. The van der Waals surface area contributed by atoms with Crippen LogP contribution in [0.4, 0.5) is 4.79 Å². The highest BCUT2D eigenvalue weighted by Gasteiger charge is 2.32. The number of nitrogens with one attached hydrogen (secondary N) is 1. The van der Waals surface area contributed by atoms with Crippen molar-refractivity contribution in [3.05, 3.63) is 53.7 Å². The van der Waals surface area contributed by atoms with Gasteiger partial charge in [0, 0.05) is 44.1 Å². The summed E-state index contributed by atoms with van der Waals surface area (Å²) in [5, 5.41) is 22.7. The summed E-state index contributed by atoms with van der Waals surface area (Å²) in [7, 11) is 0. The van der Waals surface area contributed by atoms with Crippen LogP contribution in [0.25, 0.3) is 11.3 Å². The maximum Gasteiger partial charge on any atom is 0.409 e. The Balaban J connectivity index is 1.56. The van der Waals surface area contributed by atoms with E-state index in [4.69, 9.17) is 4.74 Å². The van der Waals surface area contributed by atoms with Gasteiger partial charge in [-0.05, 0) is 43.9 Å². The lowest BCUT2D eigenvalue weighted by atomic mass is 9.81. The first kappa shape index (κ1) is 30.0. The molecule has 2 aromatic rings. The number of amides is 3. The van der Waals surface area contributed by atoms with Crippen molar-refractivity contribution >= 4 is 23.9 Å². The highest BCUT2D eigenvalue weighted by Crippen LogP contribution is 2.35. The highest BCUT2D eigenvalue weighted by atomic mass is 16.6. The van der Waals surface area contributed by atoms with E-state index in [-0.39, 0.29) is 57.2 Å². The number of carboxylic acid groups (broad SMARTS) is 1. The van der Waals surface area contributed by atoms with Gasteiger partial charge in [0.2, 0.25) is 5.91 Å². The lowest BCUT2D eigenvalue weighted by Gasteiger charge is -2.36. The third kappa shape index (κ3) is 7.81. The number of aliphatic hydroxyl groups is 1. The standard InChI is InChI=1S/C30H38N4O7/c1-2-41-30(40)34-16-14-33(15-17-34)29(39)23(12-13-27(36)37)32-28(38)25-19-21(22-10-6-7-11-26(22)35)18-24(31-25)20-8-4-3-5-9-20/h3-5,8-9,18-19,22-23,26,35H,2,6-7,10-17H2,1H3,(H,32,38)(H,36,37)/t22?,23?,26-/m0/s1. The van der Waals surface area contributed by atoms with Crippen LogP contribution >= 0.6 is 0 Å². The van der Waals surface area contributed by atoms with Gasteiger partial charge < -0.3 is 30.1 Å². The molecular formula is C30H38N4O7. The lowest BCUT2D eigenvalue weighted by Crippen LogP contribution is -2.56. The average Bonchev–Trinajstić information content (AvgIpc) is 2.99. The maximum absolute atomic E-state index is 13.6. The Bertz CT molecular complexity index is 1230. The number of aliphatic carboxylic acids is 1. The molecule has 2 unspecified atom stereocenters. The molecule has 1 aromatic heterocycles. The molecule has 2 aliphatic rings. The lowest BCUT2D eigenvalue weighted by molar-refractivity contribution is -0.138. The summed E-state index contributed by atoms with van der Waals surface area (Å²) in [6, 6.07) is 11.9. The zero-order valence-corrected chi connectivity index (χ0v) is 23.3. The highest BCUT2D eigenvalue weighted by molar-refractivity contribution is 5.97. The minimum atomic E-state index is -1.08. The van der Waals surface area contributed by atoms with Crippen LogP contribution in [-0.4, -0.2) is 93.8 Å². The number of carbonyl (C=O) groups excluding carboxylic acids is 3. The molecule has 11 nitrogen and oxygen atoms in total. The minimum absolute atomic E-state index is 0.0927. The molecule has 41 heavy (non-hydrogen) atoms. The molecule has 0 bridgehead atoms. The van der Waals surface area contributed by atoms with Crippen LogP contribution in [-0.2, 0) is 14.3 Å². The molecule has 4 rings (SSSR count). The number of carboxylic acids is 1. The number of nitrogens with zero attached hydrogens (tertiary/aromatic N) is 3. The molecular weight excluding hydrogens is 528 g/mol. The summed E-state index contributed by atoms with van der Waals surface area (Å²) in [6.07, 6.45) is 2.02. The fourth-order valence-corrected chi connectivity index (χ4v) is 5.44. The smallest absolute Gasteiger partial charge is 0.409 e. The number of benzene rings is 1. The van der Waals surface area contributed by atoms with Crippen molar-refractivity contribution in [1.29, 1.82) is 0 Å². The van der Waals surface area contributed by atoms with Crippen molar-refractivity contribution in [3.63, 3.8) is 0 Å². The number of carbonyl (C=O) groups is 4. The van der Waals surface area contributed by atoms with Crippen LogP contribution in [0.5, 0.6) is 0 Å². The molecule has 220 valence electrons. The van der Waals surface area contributed by atoms with E-state index in [0.29, 0.717) is 12.1 Å². The van der Waals surface area contributed by atoms with Gasteiger partial charge in [-0.2, -0.15) is 0 Å². The van der Waals surface area contributed by atoms with Crippen LogP contribution in [0.15, 0.2) is 42.5 Å². The summed E-state index contributed by atoms with van der Waals surface area (Å²) in [4.78, 5) is 58.1. The number of aliphatic hydroxyl groups excluding tert-OH is 1. The van der Waals surface area contributed by atoms with Gasteiger partial charge in [-0.3, -0.25) is 14.4 Å². The predicted molar refractivity (Wildman–Crippen MR) is 150 cm³/mol. The Kier molecular flexibility index (Phi) is 10.3. The quantitative estimate of drug-likeness (QED) is 0.419. The predicted octanol–water partition coefficient (Wildman–Crippen LogP) is 3.03. The van der Waals surface area contributed by atoms with Gasteiger partial charge in [0.1, 0.15) is 11.7 Å². The zero-order chi connectivity index (χ0) is 29.4. The van der Waals surface area contributed by atoms with Gasteiger partial charge in [-0.25, -0.2) is 9.78 Å². The SMILES string of the molecule is CCOC(=O)N1CCN(C(=O)C(CCC(=O)O)NC(=O)c2cc(C3CCCC[C@@H]3O)cc(-c3ccccc3)n2)CC1. The molecule has 0 spiro atoms. The van der Waals surface area contributed by atoms with Crippen LogP contribution in [0.2, 0.25) is 0 Å². The van der Waals surface area contributed by atoms with E-state index >= 15 is 0 Å². The maximum atomic E-state index is 13.6. The van der Waals surface area contributed by atoms with E-state index < -0.39 is 36.0 Å². The van der Waals surface area contributed by atoms with E-state index in [1.54, 1.807) is 13.0 Å². The van der Waals surface area contributed by atoms with Crippen molar-refractivity contribution in [2.45, 2.75) is 63.5 Å². The number of ether oxygens (including phenoxy) is 1. The zero-order valence-electron chi connectivity index (χ0n) is 23.3. The first-order valence-electron chi connectivity index (χ1n) is 14.3. The second-order valence-corrected chi connectivity index (χ2v) is 10.5. The minimum Gasteiger partial charge on any atom is -0.481 e. The molecule has 3 amide bonds. The molecule has 1 saturated heterocycles. The van der Waals surface area contributed by atoms with E-state index in [2.05, 4.69) is 10.3 Å². The second-order valence-electron chi connectivity index (χ2n) is 10.5. The Morgan fingerprint density at radius 2 is 1.71 bits per heavy atom. The number of piperazine rings is 1. The number of pyridine rings is 1. The number of hydrogen-bond acceptors (Lipinski definition) is 7. The van der Waals surface area contributed by atoms with Crippen molar-refractivity contribution in [3.8, 4) is 11.3 Å². The molecule has 1 aliphatic carbocycles. The summed E-state index contributed by atoms with van der Waals surface area (Å²) >= 11 is 0. The van der Waals surface area contributed by atoms with Gasteiger partial charge >= 0.3 is 12.1 Å². The summed E-state index contributed by atoms with van der Waals surface area (Å²) in [5.74, 6) is -2.23. The van der Waals surface area contributed by atoms with Crippen molar-refractivity contribution < 1.29 is 34.1 Å². The van der Waals surface area contributed by atoms with Crippen LogP contribution in [0.3, 0.4) is 0 Å². The molecule has 2 heterocycles. The molecule has 1 saturated carbocycles. The molecule has 0 radical (unpaired) electrons. The van der Waals surface area contributed by atoms with Crippen molar-refractivity contribution in [2.24, 2.45) is 0 Å². The van der Waals surface area contributed by atoms with Crippen LogP contribution < -0.4 is 5.32 Å². The fraction of sp³-hybridized carbons (Fsp3) is 0.500. The molecule has 3 atom stereocenters. The molecule has 11 heteroatoms. The third-order valence-corrected chi connectivity index (χ3v) is 7.68. The van der Waals surface area contributed by atoms with Gasteiger partial charge in [0.15, 0.2) is 0 Å². The fourth-order valence-electron chi connectivity index (χ4n) is 5.44. The van der Waals surface area contributed by atoms with Crippen molar-refractivity contribution in [1.82, 2.24) is 20.1 Å². The van der Waals surface area contributed by atoms with Gasteiger partial charge in [-0.1, -0.05) is 43.2 Å². The van der Waals surface area contributed by atoms with Crippen LogP contribution in [0, 0.1) is 0 Å². The number of rotatable bonds is 9. The Morgan fingerprint density at radius 1 is 1.02 bits per heavy atom. The second kappa shape index (κ2) is 14.1. The molecule has 3 N–H and O–H groups in total. The number of hydrogen-bond donors (Lipinski definition) is 3. The average molecular weight is 567 g/mol. The molecule has 2 fully saturated rings. The summed E-state index contributed by atoms with van der Waals surface area (Å²) in [6.45, 7) is 3.00. The van der Waals surface area contributed by atoms with E-state index in [9.17, 15) is 29.4 Å². The third-order valence-electron chi connectivity index (χ3n) is 7.68. The Hall–Kier alpha value is -3.99. The van der Waals surface area contributed by atoms with E-state index in [1.807, 2.05) is 36.4 Å². The summed E-state index contributed by atoms with van der Waals surface area (Å²) < 4.78 is 5.03. The van der Waals surface area contributed by atoms with E-state index in [1.165, 1.54) is 9.80 Å². The van der Waals surface area contributed by atoms with Crippen LogP contribution in [0.1, 0.15) is 67.4 Å². The van der Waals surface area contributed by atoms with Gasteiger partial charge in [-0.15, -0.1) is 0 Å². The topological polar surface area (TPSA) is 149 Å². The molecule has 1 aliphatic heterocycles. The normalized spacial score (nSPS) is 19.8. The Labute approximate surface area is 239 Å². The first-order valence-corrected chi connectivity index (χ1v) is 14.3. The monoisotopic (exact) mass is 566 g/mol.